The maximum Gasteiger partial charge on any atom is 0.231 e. The second-order valence-corrected chi connectivity index (χ2v) is 3.44. The van der Waals surface area contributed by atoms with Crippen molar-refractivity contribution in [2.24, 2.45) is 11.5 Å². The molecule has 100 valence electrons. The third-order valence-corrected chi connectivity index (χ3v) is 1.87. The van der Waals surface area contributed by atoms with Crippen LogP contribution in [0.25, 0.3) is 0 Å². The molecule has 0 aromatic heterocycles. The van der Waals surface area contributed by atoms with E-state index in [1.54, 1.807) is 0 Å². The van der Waals surface area contributed by atoms with Crippen molar-refractivity contribution >= 4 is 11.8 Å². The van der Waals surface area contributed by atoms with Gasteiger partial charge >= 0.3 is 0 Å². The third-order valence-electron chi connectivity index (χ3n) is 1.87. The highest BCUT2D eigenvalue weighted by molar-refractivity contribution is 5.79. The molecule has 0 unspecified atom stereocenters. The van der Waals surface area contributed by atoms with Gasteiger partial charge in [0.05, 0.1) is 19.6 Å². The molecular weight excluding hydrogens is 226 g/mol. The second kappa shape index (κ2) is 8.91. The molecule has 0 aliphatic carbocycles. The molecule has 0 aromatic rings. The highest BCUT2D eigenvalue weighted by Crippen LogP contribution is 1.99. The van der Waals surface area contributed by atoms with Crippen molar-refractivity contribution in [2.45, 2.75) is 20.1 Å². The summed E-state index contributed by atoms with van der Waals surface area (Å²) in [5.41, 5.74) is 10.2. The van der Waals surface area contributed by atoms with E-state index < -0.39 is 18.1 Å². The van der Waals surface area contributed by atoms with Gasteiger partial charge in [-0.3, -0.25) is 14.5 Å². The fraction of sp³-hybridized carbons (Fsp3) is 0.800. The van der Waals surface area contributed by atoms with Crippen LogP contribution in [0.5, 0.6) is 0 Å². The molecule has 0 aliphatic heterocycles. The average molecular weight is 247 g/mol. The molecule has 0 aromatic carbocycles. The first-order valence-corrected chi connectivity index (χ1v) is 5.51. The summed E-state index contributed by atoms with van der Waals surface area (Å²) in [6, 6.07) is 0. The molecule has 2 amide bonds. The van der Waals surface area contributed by atoms with Gasteiger partial charge in [0.25, 0.3) is 0 Å². The zero-order chi connectivity index (χ0) is 13.3. The standard InChI is InChI=1S/C10H21N3O4/c1-3-16-10(17-4-2)7-13(5-8(11)14)6-9(12)15/h10H,3-7H2,1-2H3,(H2,11,14)(H2,12,15). The normalized spacial score (nSPS) is 11.1. The first kappa shape index (κ1) is 15.8. The summed E-state index contributed by atoms with van der Waals surface area (Å²) in [5, 5.41) is 0. The lowest BCUT2D eigenvalue weighted by Gasteiger charge is -2.25. The third kappa shape index (κ3) is 8.61. The Bertz CT molecular complexity index is 226. The Balaban J connectivity index is 4.34. The van der Waals surface area contributed by atoms with Gasteiger partial charge < -0.3 is 20.9 Å². The molecule has 0 fully saturated rings. The predicted octanol–water partition coefficient (Wildman–Crippen LogP) is -1.34. The number of amides is 2. The molecule has 0 spiro atoms. The summed E-state index contributed by atoms with van der Waals surface area (Å²) in [5.74, 6) is -1.06. The minimum atomic E-state index is -0.530. The van der Waals surface area contributed by atoms with Crippen LogP contribution in [0.15, 0.2) is 0 Å². The van der Waals surface area contributed by atoms with E-state index in [9.17, 15) is 9.59 Å². The second-order valence-electron chi connectivity index (χ2n) is 3.44. The van der Waals surface area contributed by atoms with Gasteiger partial charge in [-0.2, -0.15) is 0 Å². The van der Waals surface area contributed by atoms with Gasteiger partial charge in [-0.15, -0.1) is 0 Å². The van der Waals surface area contributed by atoms with E-state index in [-0.39, 0.29) is 19.6 Å². The van der Waals surface area contributed by atoms with E-state index in [1.165, 1.54) is 4.90 Å². The van der Waals surface area contributed by atoms with E-state index in [4.69, 9.17) is 20.9 Å². The molecule has 0 atom stereocenters. The number of nitrogens with zero attached hydrogens (tertiary/aromatic N) is 1. The topological polar surface area (TPSA) is 108 Å². The number of hydrogen-bond acceptors (Lipinski definition) is 5. The number of carbonyl (C=O) groups is 2. The number of hydrogen-bond donors (Lipinski definition) is 2. The Morgan fingerprint density at radius 3 is 1.76 bits per heavy atom. The molecule has 0 bridgehead atoms. The lowest BCUT2D eigenvalue weighted by atomic mass is 10.4. The molecule has 7 nitrogen and oxygen atoms in total. The Kier molecular flexibility index (Phi) is 8.29. The van der Waals surface area contributed by atoms with Crippen LogP contribution in [0.1, 0.15) is 13.8 Å². The Morgan fingerprint density at radius 2 is 1.47 bits per heavy atom. The first-order valence-electron chi connectivity index (χ1n) is 5.51. The Morgan fingerprint density at radius 1 is 1.06 bits per heavy atom. The number of nitrogens with two attached hydrogens (primary N) is 2. The van der Waals surface area contributed by atoms with Crippen molar-refractivity contribution in [3.63, 3.8) is 0 Å². The molecule has 17 heavy (non-hydrogen) atoms. The molecule has 0 saturated heterocycles. The summed E-state index contributed by atoms with van der Waals surface area (Å²) >= 11 is 0. The van der Waals surface area contributed by atoms with Crippen molar-refractivity contribution in [1.29, 1.82) is 0 Å². The quantitative estimate of drug-likeness (QED) is 0.464. The van der Waals surface area contributed by atoms with Gasteiger partial charge in [-0.05, 0) is 13.8 Å². The maximum atomic E-state index is 10.8. The number of primary amides is 2. The fourth-order valence-electron chi connectivity index (χ4n) is 1.36. The summed E-state index contributed by atoms with van der Waals surface area (Å²) in [6.45, 7) is 4.78. The van der Waals surface area contributed by atoms with E-state index in [2.05, 4.69) is 0 Å². The molecule has 0 aliphatic rings. The molecule has 7 heteroatoms. The number of carbonyl (C=O) groups excluding carboxylic acids is 2. The maximum absolute atomic E-state index is 10.8. The minimum absolute atomic E-state index is 0.0560. The van der Waals surface area contributed by atoms with Crippen LogP contribution in [0, 0.1) is 0 Å². The monoisotopic (exact) mass is 247 g/mol. The average Bonchev–Trinajstić information content (AvgIpc) is 2.15. The zero-order valence-corrected chi connectivity index (χ0v) is 10.3. The van der Waals surface area contributed by atoms with Crippen molar-refractivity contribution < 1.29 is 19.1 Å². The van der Waals surface area contributed by atoms with Crippen molar-refractivity contribution in [3.8, 4) is 0 Å². The molecule has 0 radical (unpaired) electrons. The molecule has 0 heterocycles. The first-order chi connectivity index (χ1) is 7.99. The van der Waals surface area contributed by atoms with Crippen LogP contribution in [0.2, 0.25) is 0 Å². The van der Waals surface area contributed by atoms with Crippen LogP contribution >= 0.6 is 0 Å². The highest BCUT2D eigenvalue weighted by Gasteiger charge is 2.17. The summed E-state index contributed by atoms with van der Waals surface area (Å²) in [7, 11) is 0. The van der Waals surface area contributed by atoms with Crippen molar-refractivity contribution in [2.75, 3.05) is 32.8 Å². The van der Waals surface area contributed by atoms with Crippen LogP contribution in [0.4, 0.5) is 0 Å². The van der Waals surface area contributed by atoms with Crippen molar-refractivity contribution in [3.05, 3.63) is 0 Å². The van der Waals surface area contributed by atoms with Gasteiger partial charge in [0.1, 0.15) is 0 Å². The summed E-state index contributed by atoms with van der Waals surface area (Å²) in [6.07, 6.45) is -0.497. The molecule has 4 N–H and O–H groups in total. The van der Waals surface area contributed by atoms with Crippen molar-refractivity contribution in [1.82, 2.24) is 4.90 Å². The Labute approximate surface area is 101 Å². The van der Waals surface area contributed by atoms with Gasteiger partial charge in [-0.25, -0.2) is 0 Å². The molecular formula is C10H21N3O4. The van der Waals surface area contributed by atoms with Gasteiger partial charge in [0, 0.05) is 13.2 Å². The van der Waals surface area contributed by atoms with E-state index in [1.807, 2.05) is 13.8 Å². The zero-order valence-electron chi connectivity index (χ0n) is 10.3. The predicted molar refractivity (Wildman–Crippen MR) is 61.9 cm³/mol. The van der Waals surface area contributed by atoms with Crippen LogP contribution < -0.4 is 11.5 Å². The highest BCUT2D eigenvalue weighted by atomic mass is 16.7. The molecule has 0 rings (SSSR count). The number of rotatable bonds is 10. The molecule has 0 saturated carbocycles. The van der Waals surface area contributed by atoms with E-state index in [0.29, 0.717) is 13.2 Å². The lowest BCUT2D eigenvalue weighted by molar-refractivity contribution is -0.150. The number of ether oxygens (including phenoxy) is 2. The van der Waals surface area contributed by atoms with Crippen LogP contribution in [-0.4, -0.2) is 55.9 Å². The fourth-order valence-corrected chi connectivity index (χ4v) is 1.36. The van der Waals surface area contributed by atoms with E-state index in [0.717, 1.165) is 0 Å². The van der Waals surface area contributed by atoms with Gasteiger partial charge in [-0.1, -0.05) is 0 Å². The largest absolute Gasteiger partial charge is 0.369 e. The Hall–Kier alpha value is -1.18. The van der Waals surface area contributed by atoms with Gasteiger partial charge in [0.2, 0.25) is 11.8 Å². The van der Waals surface area contributed by atoms with E-state index >= 15 is 0 Å². The SMILES string of the molecule is CCOC(CN(CC(N)=O)CC(N)=O)OCC. The van der Waals surface area contributed by atoms with Crippen LogP contribution in [0.3, 0.4) is 0 Å². The summed E-state index contributed by atoms with van der Waals surface area (Å²) < 4.78 is 10.6. The minimum Gasteiger partial charge on any atom is -0.369 e. The van der Waals surface area contributed by atoms with Gasteiger partial charge in [0.15, 0.2) is 6.29 Å². The summed E-state index contributed by atoms with van der Waals surface area (Å²) in [4.78, 5) is 23.2. The lowest BCUT2D eigenvalue weighted by Crippen LogP contribution is -2.44. The smallest absolute Gasteiger partial charge is 0.231 e. The van der Waals surface area contributed by atoms with Crippen LogP contribution in [-0.2, 0) is 19.1 Å².